The fourth-order valence-corrected chi connectivity index (χ4v) is 3.26. The summed E-state index contributed by atoms with van der Waals surface area (Å²) in [6.45, 7) is 8.75. The molecule has 1 unspecified atom stereocenters. The van der Waals surface area contributed by atoms with Gasteiger partial charge >= 0.3 is 0 Å². The monoisotopic (exact) mass is 306 g/mol. The van der Waals surface area contributed by atoms with Gasteiger partial charge in [-0.25, -0.2) is 0 Å². The zero-order valence-corrected chi connectivity index (χ0v) is 15.4. The molecule has 0 bridgehead atoms. The molecule has 1 heterocycles. The van der Waals surface area contributed by atoms with E-state index in [1.54, 1.807) is 0 Å². The van der Waals surface area contributed by atoms with Gasteiger partial charge in [0.25, 0.3) is 0 Å². The lowest BCUT2D eigenvalue weighted by Gasteiger charge is -2.03. The number of nitrogens with zero attached hydrogens (tertiary/aromatic N) is 1. The van der Waals surface area contributed by atoms with Crippen molar-refractivity contribution in [2.45, 2.75) is 116 Å². The minimum absolute atomic E-state index is 0.703. The van der Waals surface area contributed by atoms with Gasteiger partial charge in [-0.05, 0) is 13.0 Å². The Morgan fingerprint density at radius 3 is 1.64 bits per heavy atom. The van der Waals surface area contributed by atoms with E-state index in [4.69, 9.17) is 0 Å². The number of allylic oxidation sites excluding steroid dienone is 1. The summed E-state index contributed by atoms with van der Waals surface area (Å²) >= 11 is 0. The van der Waals surface area contributed by atoms with Gasteiger partial charge in [0.15, 0.2) is 5.70 Å². The highest BCUT2D eigenvalue weighted by molar-refractivity contribution is 5.67. The van der Waals surface area contributed by atoms with E-state index in [0.29, 0.717) is 6.04 Å². The third kappa shape index (κ3) is 9.43. The molecular weight excluding hydrogens is 266 g/mol. The molecule has 22 heavy (non-hydrogen) atoms. The second-order valence-corrected chi connectivity index (χ2v) is 7.09. The molecule has 0 N–H and O–H groups in total. The van der Waals surface area contributed by atoms with Crippen LogP contribution in [0.15, 0.2) is 12.3 Å². The lowest BCUT2D eigenvalue weighted by Crippen LogP contribution is -2.00. The van der Waals surface area contributed by atoms with Crippen molar-refractivity contribution in [2.24, 2.45) is 0 Å². The van der Waals surface area contributed by atoms with Gasteiger partial charge in [0.05, 0.1) is 0 Å². The second kappa shape index (κ2) is 12.9. The van der Waals surface area contributed by atoms with Crippen molar-refractivity contribution in [1.29, 1.82) is 0 Å². The van der Waals surface area contributed by atoms with Crippen LogP contribution in [0.2, 0.25) is 0 Å². The van der Waals surface area contributed by atoms with Crippen LogP contribution in [0.25, 0.3) is 0 Å². The molecule has 0 radical (unpaired) electrons. The van der Waals surface area contributed by atoms with Crippen molar-refractivity contribution in [2.75, 3.05) is 0 Å². The molecule has 0 aromatic carbocycles. The van der Waals surface area contributed by atoms with Crippen molar-refractivity contribution in [3.05, 3.63) is 12.3 Å². The summed E-state index contributed by atoms with van der Waals surface area (Å²) in [6, 6.07) is 0.703. The number of hydrogen-bond donors (Lipinski definition) is 0. The van der Waals surface area contributed by atoms with Gasteiger partial charge in [-0.15, -0.1) is 0 Å². The topological polar surface area (TPSA) is 3.01 Å². The standard InChI is InChI=1S/C21H40N/c1-4-6-7-8-9-10-11-12-13-14-15-16-17-18-20(3)22-19-21(22)5-2/h19,21H,3-18H2,1-2H3/q+1. The first-order chi connectivity index (χ1) is 10.8. The molecule has 0 saturated carbocycles. The Balaban J connectivity index is 1.73. The van der Waals surface area contributed by atoms with Gasteiger partial charge in [0, 0.05) is 12.8 Å². The van der Waals surface area contributed by atoms with Crippen LogP contribution in [-0.4, -0.2) is 16.8 Å². The predicted octanol–water partition coefficient (Wildman–Crippen LogP) is 6.86. The van der Waals surface area contributed by atoms with Crippen molar-refractivity contribution < 1.29 is 4.58 Å². The molecule has 0 aliphatic carbocycles. The van der Waals surface area contributed by atoms with Crippen molar-refractivity contribution in [1.82, 2.24) is 0 Å². The highest BCUT2D eigenvalue weighted by Gasteiger charge is 2.35. The molecule has 1 aliphatic heterocycles. The highest BCUT2D eigenvalue weighted by Crippen LogP contribution is 2.19. The van der Waals surface area contributed by atoms with E-state index in [1.165, 1.54) is 102 Å². The third-order valence-corrected chi connectivity index (χ3v) is 4.95. The quantitative estimate of drug-likeness (QED) is 0.216. The van der Waals surface area contributed by atoms with Crippen molar-refractivity contribution in [3.63, 3.8) is 0 Å². The largest absolute Gasteiger partial charge is 0.233 e. The fraction of sp³-hybridized carbons (Fsp3) is 0.857. The van der Waals surface area contributed by atoms with E-state index < -0.39 is 0 Å². The fourth-order valence-electron chi connectivity index (χ4n) is 3.26. The molecule has 1 atom stereocenters. The van der Waals surface area contributed by atoms with Gasteiger partial charge in [0.2, 0.25) is 12.3 Å². The summed E-state index contributed by atoms with van der Waals surface area (Å²) in [6.07, 6.45) is 23.3. The first-order valence-corrected chi connectivity index (χ1v) is 10.1. The minimum atomic E-state index is 0.703. The second-order valence-electron chi connectivity index (χ2n) is 7.09. The van der Waals surface area contributed by atoms with Crippen LogP contribution in [0.3, 0.4) is 0 Å². The summed E-state index contributed by atoms with van der Waals surface area (Å²) in [5, 5.41) is 0. The third-order valence-electron chi connectivity index (χ3n) is 4.95. The van der Waals surface area contributed by atoms with Gasteiger partial charge in [-0.3, -0.25) is 0 Å². The van der Waals surface area contributed by atoms with Crippen molar-refractivity contribution in [3.8, 4) is 0 Å². The van der Waals surface area contributed by atoms with Crippen molar-refractivity contribution >= 4 is 6.21 Å². The van der Waals surface area contributed by atoms with Gasteiger partial charge in [-0.1, -0.05) is 90.9 Å². The van der Waals surface area contributed by atoms with E-state index >= 15 is 0 Å². The molecule has 1 aliphatic rings. The molecule has 1 nitrogen and oxygen atoms in total. The first kappa shape index (κ1) is 19.5. The van der Waals surface area contributed by atoms with Crippen LogP contribution >= 0.6 is 0 Å². The van der Waals surface area contributed by atoms with E-state index in [-0.39, 0.29) is 0 Å². The Kier molecular flexibility index (Phi) is 11.4. The average molecular weight is 307 g/mol. The average Bonchev–Trinajstić information content (AvgIpc) is 3.31. The molecule has 0 aromatic heterocycles. The normalized spacial score (nSPS) is 16.6. The maximum Gasteiger partial charge on any atom is 0.233 e. The van der Waals surface area contributed by atoms with E-state index in [1.807, 2.05) is 0 Å². The smallest absolute Gasteiger partial charge is 0.188 e. The Bertz CT molecular complexity index is 316. The Morgan fingerprint density at radius 1 is 0.773 bits per heavy atom. The molecule has 1 rings (SSSR count). The zero-order chi connectivity index (χ0) is 16.0. The molecule has 0 spiro atoms. The van der Waals surface area contributed by atoms with Crippen LogP contribution < -0.4 is 0 Å². The Labute approximate surface area is 139 Å². The number of unbranched alkanes of at least 4 members (excludes halogenated alkanes) is 12. The summed E-state index contributed by atoms with van der Waals surface area (Å²) in [7, 11) is 0. The zero-order valence-electron chi connectivity index (χ0n) is 15.4. The summed E-state index contributed by atoms with van der Waals surface area (Å²) in [5.74, 6) is 0. The summed E-state index contributed by atoms with van der Waals surface area (Å²) in [5.41, 5.74) is 1.34. The van der Waals surface area contributed by atoms with Crippen LogP contribution in [-0.2, 0) is 0 Å². The molecule has 0 saturated heterocycles. The molecule has 0 amide bonds. The lowest BCUT2D eigenvalue weighted by molar-refractivity contribution is -0.418. The molecule has 0 fully saturated rings. The van der Waals surface area contributed by atoms with Crippen LogP contribution in [0.5, 0.6) is 0 Å². The van der Waals surface area contributed by atoms with Gasteiger partial charge < -0.3 is 0 Å². The first-order valence-electron chi connectivity index (χ1n) is 10.1. The van der Waals surface area contributed by atoms with E-state index in [2.05, 4.69) is 31.2 Å². The summed E-state index contributed by atoms with van der Waals surface area (Å²) in [4.78, 5) is 0. The van der Waals surface area contributed by atoms with E-state index in [0.717, 1.165) is 0 Å². The maximum absolute atomic E-state index is 4.20. The predicted molar refractivity (Wildman–Crippen MR) is 99.9 cm³/mol. The number of rotatable bonds is 16. The molecule has 0 aromatic rings. The van der Waals surface area contributed by atoms with E-state index in [9.17, 15) is 0 Å². The SMILES string of the molecule is C=C(CCCCCCCCCCCCCCC)[N+]1=CC1CC. The molecule has 128 valence electrons. The van der Waals surface area contributed by atoms with Gasteiger partial charge in [-0.2, -0.15) is 4.58 Å². The molecular formula is C21H40N+. The lowest BCUT2D eigenvalue weighted by atomic mass is 10.0. The Hall–Kier alpha value is -0.590. The van der Waals surface area contributed by atoms with Gasteiger partial charge in [0.1, 0.15) is 0 Å². The number of hydrogen-bond acceptors (Lipinski definition) is 0. The summed E-state index contributed by atoms with van der Waals surface area (Å²) < 4.78 is 2.36. The maximum atomic E-state index is 4.20. The highest BCUT2D eigenvalue weighted by atomic mass is 15.2. The minimum Gasteiger partial charge on any atom is -0.188 e. The Morgan fingerprint density at radius 2 is 1.23 bits per heavy atom. The van der Waals surface area contributed by atoms with Crippen LogP contribution in [0, 0.1) is 0 Å². The van der Waals surface area contributed by atoms with Crippen LogP contribution in [0.1, 0.15) is 110 Å². The molecule has 1 heteroatoms. The van der Waals surface area contributed by atoms with Crippen LogP contribution in [0.4, 0.5) is 0 Å².